The molecule has 1 atom stereocenters. The summed E-state index contributed by atoms with van der Waals surface area (Å²) in [5, 5.41) is 2.77. The van der Waals surface area contributed by atoms with Crippen molar-refractivity contribution >= 4 is 17.5 Å². The van der Waals surface area contributed by atoms with E-state index in [2.05, 4.69) is 5.32 Å². The number of hydrogen-bond acceptors (Lipinski definition) is 2. The quantitative estimate of drug-likeness (QED) is 0.878. The lowest BCUT2D eigenvalue weighted by molar-refractivity contribution is -0.126. The highest BCUT2D eigenvalue weighted by molar-refractivity contribution is 6.00. The molecule has 0 saturated carbocycles. The Labute approximate surface area is 107 Å². The zero-order chi connectivity index (χ0) is 13.1. The summed E-state index contributed by atoms with van der Waals surface area (Å²) in [6.45, 7) is 4.96. The molecule has 2 amide bonds. The van der Waals surface area contributed by atoms with E-state index in [1.165, 1.54) is 0 Å². The maximum Gasteiger partial charge on any atom is 0.227 e. The SMILES string of the molecule is CCNC(=O)[C@@H]1CC(=O)N(c2cccc(C)c2)C1. The Balaban J connectivity index is 2.12. The number of benzene rings is 1. The number of rotatable bonds is 3. The van der Waals surface area contributed by atoms with Gasteiger partial charge in [0, 0.05) is 25.2 Å². The molecule has 1 saturated heterocycles. The van der Waals surface area contributed by atoms with Gasteiger partial charge in [0.05, 0.1) is 5.92 Å². The Morgan fingerprint density at radius 1 is 1.50 bits per heavy atom. The van der Waals surface area contributed by atoms with E-state index >= 15 is 0 Å². The summed E-state index contributed by atoms with van der Waals surface area (Å²) in [4.78, 5) is 25.4. The average molecular weight is 246 g/mol. The Hall–Kier alpha value is -1.84. The molecular formula is C14H18N2O2. The van der Waals surface area contributed by atoms with E-state index in [0.29, 0.717) is 19.5 Å². The van der Waals surface area contributed by atoms with Crippen molar-refractivity contribution in [2.75, 3.05) is 18.0 Å². The smallest absolute Gasteiger partial charge is 0.227 e. The number of aryl methyl sites for hydroxylation is 1. The Morgan fingerprint density at radius 2 is 2.28 bits per heavy atom. The van der Waals surface area contributed by atoms with Crippen LogP contribution in [0.2, 0.25) is 0 Å². The zero-order valence-electron chi connectivity index (χ0n) is 10.8. The van der Waals surface area contributed by atoms with Gasteiger partial charge in [-0.2, -0.15) is 0 Å². The van der Waals surface area contributed by atoms with E-state index in [1.54, 1.807) is 4.90 Å². The van der Waals surface area contributed by atoms with Crippen LogP contribution in [0.1, 0.15) is 18.9 Å². The first-order valence-electron chi connectivity index (χ1n) is 6.26. The molecule has 0 spiro atoms. The van der Waals surface area contributed by atoms with Crippen LogP contribution in [-0.4, -0.2) is 24.9 Å². The first-order chi connectivity index (χ1) is 8.61. The van der Waals surface area contributed by atoms with E-state index in [-0.39, 0.29) is 17.7 Å². The number of carbonyl (C=O) groups is 2. The normalized spacial score (nSPS) is 19.1. The van der Waals surface area contributed by atoms with Crippen LogP contribution >= 0.6 is 0 Å². The predicted octanol–water partition coefficient (Wildman–Crippen LogP) is 1.48. The minimum absolute atomic E-state index is 0.0249. The first kappa shape index (κ1) is 12.6. The van der Waals surface area contributed by atoms with E-state index < -0.39 is 0 Å². The molecule has 4 heteroatoms. The fraction of sp³-hybridized carbons (Fsp3) is 0.429. The maximum absolute atomic E-state index is 12.0. The first-order valence-corrected chi connectivity index (χ1v) is 6.26. The van der Waals surface area contributed by atoms with Crippen LogP contribution in [0.5, 0.6) is 0 Å². The number of amides is 2. The van der Waals surface area contributed by atoms with Gasteiger partial charge in [-0.3, -0.25) is 9.59 Å². The average Bonchev–Trinajstić information content (AvgIpc) is 2.72. The highest BCUT2D eigenvalue weighted by Crippen LogP contribution is 2.25. The summed E-state index contributed by atoms with van der Waals surface area (Å²) < 4.78 is 0. The minimum Gasteiger partial charge on any atom is -0.356 e. The van der Waals surface area contributed by atoms with Crippen molar-refractivity contribution in [1.82, 2.24) is 5.32 Å². The summed E-state index contributed by atoms with van der Waals surface area (Å²) >= 11 is 0. The molecule has 4 nitrogen and oxygen atoms in total. The third-order valence-corrected chi connectivity index (χ3v) is 3.16. The second-order valence-corrected chi connectivity index (χ2v) is 4.64. The van der Waals surface area contributed by atoms with E-state index in [0.717, 1.165) is 11.3 Å². The second kappa shape index (κ2) is 5.21. The summed E-state index contributed by atoms with van der Waals surface area (Å²) in [6, 6.07) is 7.80. The Bertz CT molecular complexity index is 471. The van der Waals surface area contributed by atoms with Crippen LogP contribution in [-0.2, 0) is 9.59 Å². The van der Waals surface area contributed by atoms with Gasteiger partial charge in [-0.1, -0.05) is 12.1 Å². The van der Waals surface area contributed by atoms with Crippen molar-refractivity contribution in [3.63, 3.8) is 0 Å². The van der Waals surface area contributed by atoms with Crippen LogP contribution in [0.4, 0.5) is 5.69 Å². The van der Waals surface area contributed by atoms with Gasteiger partial charge in [0.2, 0.25) is 11.8 Å². The van der Waals surface area contributed by atoms with Crippen LogP contribution in [0, 0.1) is 12.8 Å². The topological polar surface area (TPSA) is 49.4 Å². The van der Waals surface area contributed by atoms with Gasteiger partial charge in [0.15, 0.2) is 0 Å². The molecule has 1 aliphatic heterocycles. The molecule has 2 rings (SSSR count). The standard InChI is InChI=1S/C14H18N2O2/c1-3-15-14(18)11-8-13(17)16(9-11)12-6-4-5-10(2)7-12/h4-7,11H,3,8-9H2,1-2H3,(H,15,18)/t11-/m1/s1. The molecule has 1 heterocycles. The van der Waals surface area contributed by atoms with E-state index in [1.807, 2.05) is 38.1 Å². The minimum atomic E-state index is -0.224. The van der Waals surface area contributed by atoms with Crippen LogP contribution < -0.4 is 10.2 Å². The molecule has 18 heavy (non-hydrogen) atoms. The molecule has 0 aromatic heterocycles. The lowest BCUT2D eigenvalue weighted by Gasteiger charge is -2.17. The zero-order valence-corrected chi connectivity index (χ0v) is 10.8. The molecular weight excluding hydrogens is 228 g/mol. The molecule has 1 aromatic rings. The fourth-order valence-electron chi connectivity index (χ4n) is 2.25. The number of anilines is 1. The van der Waals surface area contributed by atoms with Gasteiger partial charge in [-0.05, 0) is 31.5 Å². The molecule has 96 valence electrons. The summed E-state index contributed by atoms with van der Waals surface area (Å²) in [5.74, 6) is -0.226. The number of hydrogen-bond donors (Lipinski definition) is 1. The highest BCUT2D eigenvalue weighted by atomic mass is 16.2. The maximum atomic E-state index is 12.0. The molecule has 1 N–H and O–H groups in total. The summed E-state index contributed by atoms with van der Waals surface area (Å²) in [6.07, 6.45) is 0.305. The van der Waals surface area contributed by atoms with Crippen LogP contribution in [0.15, 0.2) is 24.3 Å². The van der Waals surface area contributed by atoms with Crippen molar-refractivity contribution in [1.29, 1.82) is 0 Å². The van der Waals surface area contributed by atoms with Gasteiger partial charge in [-0.25, -0.2) is 0 Å². The predicted molar refractivity (Wildman–Crippen MR) is 70.3 cm³/mol. The van der Waals surface area contributed by atoms with Gasteiger partial charge < -0.3 is 10.2 Å². The molecule has 0 unspecified atom stereocenters. The fourth-order valence-corrected chi connectivity index (χ4v) is 2.25. The number of nitrogens with one attached hydrogen (secondary N) is 1. The second-order valence-electron chi connectivity index (χ2n) is 4.64. The van der Waals surface area contributed by atoms with Crippen molar-refractivity contribution in [2.24, 2.45) is 5.92 Å². The molecule has 0 aliphatic carbocycles. The lowest BCUT2D eigenvalue weighted by atomic mass is 10.1. The van der Waals surface area contributed by atoms with Gasteiger partial charge in [-0.15, -0.1) is 0 Å². The van der Waals surface area contributed by atoms with E-state index in [4.69, 9.17) is 0 Å². The van der Waals surface area contributed by atoms with Crippen molar-refractivity contribution in [3.8, 4) is 0 Å². The van der Waals surface area contributed by atoms with Crippen LogP contribution in [0.3, 0.4) is 0 Å². The van der Waals surface area contributed by atoms with Crippen LogP contribution in [0.25, 0.3) is 0 Å². The molecule has 0 radical (unpaired) electrons. The number of carbonyl (C=O) groups excluding carboxylic acids is 2. The molecule has 1 fully saturated rings. The van der Waals surface area contributed by atoms with Crippen molar-refractivity contribution < 1.29 is 9.59 Å². The third kappa shape index (κ3) is 2.53. The Morgan fingerprint density at radius 3 is 2.94 bits per heavy atom. The van der Waals surface area contributed by atoms with Gasteiger partial charge >= 0.3 is 0 Å². The third-order valence-electron chi connectivity index (χ3n) is 3.16. The lowest BCUT2D eigenvalue weighted by Crippen LogP contribution is -2.32. The van der Waals surface area contributed by atoms with E-state index in [9.17, 15) is 9.59 Å². The number of nitrogens with zero attached hydrogens (tertiary/aromatic N) is 1. The summed E-state index contributed by atoms with van der Waals surface area (Å²) in [5.41, 5.74) is 1.99. The van der Waals surface area contributed by atoms with Crippen molar-refractivity contribution in [2.45, 2.75) is 20.3 Å². The largest absolute Gasteiger partial charge is 0.356 e. The monoisotopic (exact) mass is 246 g/mol. The van der Waals surface area contributed by atoms with Crippen molar-refractivity contribution in [3.05, 3.63) is 29.8 Å². The highest BCUT2D eigenvalue weighted by Gasteiger charge is 2.34. The molecule has 1 aromatic carbocycles. The summed E-state index contributed by atoms with van der Waals surface area (Å²) in [7, 11) is 0. The molecule has 1 aliphatic rings. The molecule has 0 bridgehead atoms. The van der Waals surface area contributed by atoms with Gasteiger partial charge in [0.25, 0.3) is 0 Å². The Kier molecular flexibility index (Phi) is 3.65. The van der Waals surface area contributed by atoms with Gasteiger partial charge in [0.1, 0.15) is 0 Å².